The third-order valence-corrected chi connectivity index (χ3v) is 2.66. The van der Waals surface area contributed by atoms with Gasteiger partial charge in [-0.15, -0.1) is 0 Å². The van der Waals surface area contributed by atoms with E-state index in [9.17, 15) is 14.9 Å². The van der Waals surface area contributed by atoms with E-state index < -0.39 is 16.3 Å². The molecular formula is C11H13NO4. The van der Waals surface area contributed by atoms with E-state index in [-0.39, 0.29) is 5.69 Å². The predicted octanol–water partition coefficient (Wildman–Crippen LogP) is 2.27. The minimum absolute atomic E-state index is 0.0492. The molecule has 0 aliphatic carbocycles. The second kappa shape index (κ2) is 3.92. The number of rotatable bonds is 3. The molecule has 1 N–H and O–H groups in total. The molecule has 5 nitrogen and oxygen atoms in total. The van der Waals surface area contributed by atoms with Crippen molar-refractivity contribution in [3.05, 3.63) is 39.4 Å². The lowest BCUT2D eigenvalue weighted by Crippen LogP contribution is -2.28. The summed E-state index contributed by atoms with van der Waals surface area (Å²) in [6.07, 6.45) is 0. The standard InChI is InChI=1S/C11H13NO4/c1-7-4-5-8(6-9(7)12(15)16)11(2,3)10(13)14/h4-6H,1-3H3,(H,13,14). The summed E-state index contributed by atoms with van der Waals surface area (Å²) < 4.78 is 0. The lowest BCUT2D eigenvalue weighted by molar-refractivity contribution is -0.385. The van der Waals surface area contributed by atoms with Gasteiger partial charge >= 0.3 is 5.97 Å². The molecule has 0 amide bonds. The molecule has 0 aromatic heterocycles. The number of nitro groups is 1. The van der Waals surface area contributed by atoms with Crippen LogP contribution in [-0.2, 0) is 10.2 Å². The van der Waals surface area contributed by atoms with Gasteiger partial charge in [0.1, 0.15) is 0 Å². The van der Waals surface area contributed by atoms with Gasteiger partial charge in [0.2, 0.25) is 0 Å². The van der Waals surface area contributed by atoms with Crippen molar-refractivity contribution in [3.8, 4) is 0 Å². The van der Waals surface area contributed by atoms with Crippen LogP contribution in [0, 0.1) is 17.0 Å². The van der Waals surface area contributed by atoms with Crippen LogP contribution in [0.15, 0.2) is 18.2 Å². The monoisotopic (exact) mass is 223 g/mol. The van der Waals surface area contributed by atoms with E-state index in [0.717, 1.165) is 0 Å². The summed E-state index contributed by atoms with van der Waals surface area (Å²) in [5, 5.41) is 19.8. The van der Waals surface area contributed by atoms with Crippen LogP contribution in [-0.4, -0.2) is 16.0 Å². The quantitative estimate of drug-likeness (QED) is 0.629. The Morgan fingerprint density at radius 1 is 1.44 bits per heavy atom. The van der Waals surface area contributed by atoms with Crippen LogP contribution in [0.3, 0.4) is 0 Å². The number of hydrogen-bond donors (Lipinski definition) is 1. The van der Waals surface area contributed by atoms with Crippen LogP contribution < -0.4 is 0 Å². The smallest absolute Gasteiger partial charge is 0.313 e. The molecule has 5 heteroatoms. The molecule has 0 radical (unpaired) electrons. The fraction of sp³-hybridized carbons (Fsp3) is 0.364. The Morgan fingerprint density at radius 2 is 2.00 bits per heavy atom. The van der Waals surface area contributed by atoms with Crippen LogP contribution in [0.2, 0.25) is 0 Å². The highest BCUT2D eigenvalue weighted by atomic mass is 16.6. The van der Waals surface area contributed by atoms with Crippen molar-refractivity contribution in [3.63, 3.8) is 0 Å². The third kappa shape index (κ3) is 2.03. The first-order valence-electron chi connectivity index (χ1n) is 4.75. The van der Waals surface area contributed by atoms with Crippen molar-refractivity contribution < 1.29 is 14.8 Å². The first-order valence-corrected chi connectivity index (χ1v) is 4.75. The van der Waals surface area contributed by atoms with Crippen LogP contribution in [0.25, 0.3) is 0 Å². The number of aryl methyl sites for hydroxylation is 1. The zero-order valence-corrected chi connectivity index (χ0v) is 9.35. The molecule has 86 valence electrons. The first kappa shape index (κ1) is 12.2. The number of carboxylic acid groups (broad SMARTS) is 1. The van der Waals surface area contributed by atoms with Crippen molar-refractivity contribution in [1.82, 2.24) is 0 Å². The van der Waals surface area contributed by atoms with Crippen LogP contribution in [0.4, 0.5) is 5.69 Å². The van der Waals surface area contributed by atoms with E-state index in [1.807, 2.05) is 0 Å². The van der Waals surface area contributed by atoms with Gasteiger partial charge < -0.3 is 5.11 Å². The summed E-state index contributed by atoms with van der Waals surface area (Å²) in [6.45, 7) is 4.66. The number of nitro benzene ring substituents is 1. The Labute approximate surface area is 92.9 Å². The summed E-state index contributed by atoms with van der Waals surface area (Å²) >= 11 is 0. The number of nitrogens with zero attached hydrogens (tertiary/aromatic N) is 1. The maximum atomic E-state index is 11.0. The number of carbonyl (C=O) groups is 1. The van der Waals surface area contributed by atoms with Crippen molar-refractivity contribution in [2.24, 2.45) is 0 Å². The zero-order valence-electron chi connectivity index (χ0n) is 9.35. The highest BCUT2D eigenvalue weighted by Crippen LogP contribution is 2.28. The van der Waals surface area contributed by atoms with Crippen molar-refractivity contribution in [2.45, 2.75) is 26.2 Å². The average molecular weight is 223 g/mol. The van der Waals surface area contributed by atoms with E-state index in [4.69, 9.17) is 5.11 Å². The molecule has 0 aliphatic rings. The van der Waals surface area contributed by atoms with Crippen LogP contribution in [0.1, 0.15) is 25.0 Å². The maximum Gasteiger partial charge on any atom is 0.313 e. The van der Waals surface area contributed by atoms with Crippen molar-refractivity contribution in [2.75, 3.05) is 0 Å². The molecule has 1 aromatic carbocycles. The minimum Gasteiger partial charge on any atom is -0.481 e. The Balaban J connectivity index is 3.33. The van der Waals surface area contributed by atoms with E-state index in [0.29, 0.717) is 11.1 Å². The number of carboxylic acids is 1. The van der Waals surface area contributed by atoms with Crippen LogP contribution >= 0.6 is 0 Å². The molecular weight excluding hydrogens is 210 g/mol. The Kier molecular flexibility index (Phi) is 2.98. The van der Waals surface area contributed by atoms with Gasteiger partial charge in [-0.05, 0) is 26.3 Å². The second-order valence-corrected chi connectivity index (χ2v) is 4.19. The van der Waals surface area contributed by atoms with Gasteiger partial charge in [0.15, 0.2) is 0 Å². The highest BCUT2D eigenvalue weighted by Gasteiger charge is 2.31. The summed E-state index contributed by atoms with van der Waals surface area (Å²) in [7, 11) is 0. The molecule has 1 rings (SSSR count). The maximum absolute atomic E-state index is 11.0. The van der Waals surface area contributed by atoms with E-state index in [2.05, 4.69) is 0 Å². The first-order chi connectivity index (χ1) is 7.26. The van der Waals surface area contributed by atoms with Gasteiger partial charge in [0, 0.05) is 11.6 Å². The minimum atomic E-state index is -1.13. The molecule has 0 atom stereocenters. The fourth-order valence-electron chi connectivity index (χ4n) is 1.32. The molecule has 1 aromatic rings. The third-order valence-electron chi connectivity index (χ3n) is 2.66. The molecule has 0 aliphatic heterocycles. The largest absolute Gasteiger partial charge is 0.481 e. The average Bonchev–Trinajstić information content (AvgIpc) is 2.17. The number of benzene rings is 1. The van der Waals surface area contributed by atoms with Crippen molar-refractivity contribution in [1.29, 1.82) is 0 Å². The lowest BCUT2D eigenvalue weighted by Gasteiger charge is -2.19. The predicted molar refractivity (Wildman–Crippen MR) is 58.5 cm³/mol. The number of hydrogen-bond acceptors (Lipinski definition) is 3. The van der Waals surface area contributed by atoms with Gasteiger partial charge in [-0.3, -0.25) is 14.9 Å². The molecule has 0 bridgehead atoms. The van der Waals surface area contributed by atoms with Crippen LogP contribution in [0.5, 0.6) is 0 Å². The Bertz CT molecular complexity index is 451. The summed E-state index contributed by atoms with van der Waals surface area (Å²) in [5.74, 6) is -1.01. The SMILES string of the molecule is Cc1ccc(C(C)(C)C(=O)O)cc1[N+](=O)[O-]. The second-order valence-electron chi connectivity index (χ2n) is 4.19. The van der Waals surface area contributed by atoms with Gasteiger partial charge in [0.25, 0.3) is 5.69 Å². The summed E-state index contributed by atoms with van der Waals surface area (Å²) in [4.78, 5) is 21.2. The van der Waals surface area contributed by atoms with Gasteiger partial charge in [-0.25, -0.2) is 0 Å². The molecule has 0 heterocycles. The van der Waals surface area contributed by atoms with E-state index in [1.165, 1.54) is 19.9 Å². The fourth-order valence-corrected chi connectivity index (χ4v) is 1.32. The van der Waals surface area contributed by atoms with Gasteiger partial charge in [0.05, 0.1) is 10.3 Å². The Morgan fingerprint density at radius 3 is 2.44 bits per heavy atom. The van der Waals surface area contributed by atoms with E-state index in [1.54, 1.807) is 19.1 Å². The highest BCUT2D eigenvalue weighted by molar-refractivity contribution is 5.80. The molecule has 0 unspecified atom stereocenters. The van der Waals surface area contributed by atoms with E-state index >= 15 is 0 Å². The van der Waals surface area contributed by atoms with Gasteiger partial charge in [-0.1, -0.05) is 12.1 Å². The normalized spacial score (nSPS) is 11.2. The number of aliphatic carboxylic acids is 1. The van der Waals surface area contributed by atoms with Gasteiger partial charge in [-0.2, -0.15) is 0 Å². The zero-order chi connectivity index (χ0) is 12.5. The molecule has 0 fully saturated rings. The Hall–Kier alpha value is -1.91. The summed E-state index contributed by atoms with van der Waals surface area (Å²) in [5.41, 5.74) is -0.225. The molecule has 0 saturated heterocycles. The molecule has 0 saturated carbocycles. The van der Waals surface area contributed by atoms with Crippen molar-refractivity contribution >= 4 is 11.7 Å². The molecule has 0 spiro atoms. The lowest BCUT2D eigenvalue weighted by atomic mass is 9.84. The summed E-state index contributed by atoms with van der Waals surface area (Å²) in [6, 6.07) is 4.50. The molecule has 16 heavy (non-hydrogen) atoms. The topological polar surface area (TPSA) is 80.4 Å².